The molecule has 5 heteroatoms. The Morgan fingerprint density at radius 3 is 2.63 bits per heavy atom. The third-order valence-electron chi connectivity index (χ3n) is 7.12. The lowest BCUT2D eigenvalue weighted by atomic mass is 9.77. The second-order valence-corrected chi connectivity index (χ2v) is 11.2. The molecule has 2 aromatic rings. The second kappa shape index (κ2) is 7.54. The molecule has 5 rings (SSSR count). The Morgan fingerprint density at radius 2 is 1.87 bits per heavy atom. The van der Waals surface area contributed by atoms with Crippen LogP contribution in [0.4, 0.5) is 5.69 Å². The Bertz CT molecular complexity index is 1080. The lowest BCUT2D eigenvalue weighted by molar-refractivity contribution is 0.288. The number of aryl methyl sites for hydroxylation is 1. The zero-order valence-electron chi connectivity index (χ0n) is 17.7. The Kier molecular flexibility index (Phi) is 4.98. The van der Waals surface area contributed by atoms with Crippen molar-refractivity contribution in [1.82, 2.24) is 4.31 Å². The Hall–Kier alpha value is -2.11. The molecule has 3 unspecified atom stereocenters. The van der Waals surface area contributed by atoms with E-state index in [0.29, 0.717) is 29.8 Å². The number of rotatable bonds is 3. The van der Waals surface area contributed by atoms with Gasteiger partial charge in [-0.3, -0.25) is 0 Å². The third kappa shape index (κ3) is 3.38. The van der Waals surface area contributed by atoms with Crippen molar-refractivity contribution in [3.63, 3.8) is 0 Å². The fourth-order valence-electron chi connectivity index (χ4n) is 5.30. The molecule has 30 heavy (non-hydrogen) atoms. The van der Waals surface area contributed by atoms with E-state index < -0.39 is 10.0 Å². The first-order chi connectivity index (χ1) is 14.4. The number of allylic oxidation sites excluding steroid dienone is 2. The van der Waals surface area contributed by atoms with Gasteiger partial charge in [0.25, 0.3) is 0 Å². The van der Waals surface area contributed by atoms with Crippen molar-refractivity contribution in [3.05, 3.63) is 71.3 Å². The summed E-state index contributed by atoms with van der Waals surface area (Å²) >= 11 is 0. The van der Waals surface area contributed by atoms with Crippen LogP contribution in [0.25, 0.3) is 0 Å². The highest BCUT2D eigenvalue weighted by atomic mass is 32.2. The van der Waals surface area contributed by atoms with E-state index in [2.05, 4.69) is 55.6 Å². The quantitative estimate of drug-likeness (QED) is 0.688. The van der Waals surface area contributed by atoms with Gasteiger partial charge in [0.1, 0.15) is 0 Å². The van der Waals surface area contributed by atoms with Gasteiger partial charge in [0.05, 0.1) is 10.9 Å². The molecule has 2 aromatic carbocycles. The number of benzene rings is 2. The van der Waals surface area contributed by atoms with E-state index in [1.807, 2.05) is 12.1 Å². The number of piperidine rings is 1. The van der Waals surface area contributed by atoms with Crippen LogP contribution in [0, 0.1) is 18.8 Å². The van der Waals surface area contributed by atoms with Gasteiger partial charge in [0.15, 0.2) is 0 Å². The minimum absolute atomic E-state index is 0.239. The zero-order valence-corrected chi connectivity index (χ0v) is 18.5. The summed E-state index contributed by atoms with van der Waals surface area (Å²) in [5.74, 6) is 1.27. The molecule has 1 aliphatic carbocycles. The first kappa shape index (κ1) is 19.8. The van der Waals surface area contributed by atoms with Crippen molar-refractivity contribution in [3.8, 4) is 0 Å². The van der Waals surface area contributed by atoms with Crippen molar-refractivity contribution in [1.29, 1.82) is 0 Å². The molecule has 1 saturated heterocycles. The molecule has 0 bridgehead atoms. The van der Waals surface area contributed by atoms with Gasteiger partial charge in [0.2, 0.25) is 10.0 Å². The summed E-state index contributed by atoms with van der Waals surface area (Å²) in [5, 5.41) is 3.73. The van der Waals surface area contributed by atoms with Crippen molar-refractivity contribution in [2.75, 3.05) is 18.4 Å². The van der Waals surface area contributed by atoms with Gasteiger partial charge in [-0.2, -0.15) is 4.31 Å². The van der Waals surface area contributed by atoms with Gasteiger partial charge >= 0.3 is 0 Å². The lowest BCUT2D eigenvalue weighted by Crippen LogP contribution is -2.38. The molecule has 0 radical (unpaired) electrons. The molecule has 4 nitrogen and oxygen atoms in total. The highest BCUT2D eigenvalue weighted by Crippen LogP contribution is 2.50. The maximum absolute atomic E-state index is 13.3. The fraction of sp³-hybridized carbons (Fsp3) is 0.440. The summed E-state index contributed by atoms with van der Waals surface area (Å²) in [6.45, 7) is 5.58. The third-order valence-corrected chi connectivity index (χ3v) is 9.01. The zero-order chi connectivity index (χ0) is 20.9. The molecule has 2 aliphatic heterocycles. The lowest BCUT2D eigenvalue weighted by Gasteiger charge is -2.38. The summed E-state index contributed by atoms with van der Waals surface area (Å²) in [4.78, 5) is 0.436. The maximum atomic E-state index is 13.3. The molecule has 0 amide bonds. The summed E-state index contributed by atoms with van der Waals surface area (Å²) in [7, 11) is -3.44. The summed E-state index contributed by atoms with van der Waals surface area (Å²) in [5.41, 5.74) is 4.74. The van der Waals surface area contributed by atoms with Gasteiger partial charge < -0.3 is 5.32 Å². The van der Waals surface area contributed by atoms with Crippen LogP contribution in [-0.2, 0) is 10.0 Å². The highest BCUT2D eigenvalue weighted by molar-refractivity contribution is 7.89. The Balaban J connectivity index is 1.49. The van der Waals surface area contributed by atoms with E-state index in [1.165, 1.54) is 11.1 Å². The number of fused-ring (bicyclic) bond motifs is 3. The normalized spacial score (nSPS) is 26.8. The molecule has 3 atom stereocenters. The van der Waals surface area contributed by atoms with Crippen LogP contribution in [0.1, 0.15) is 54.8 Å². The summed E-state index contributed by atoms with van der Waals surface area (Å²) in [6, 6.07) is 14.6. The number of hydrogen-bond donors (Lipinski definition) is 1. The number of nitrogens with one attached hydrogen (secondary N) is 1. The van der Waals surface area contributed by atoms with Crippen molar-refractivity contribution < 1.29 is 8.42 Å². The molecule has 1 fully saturated rings. The van der Waals surface area contributed by atoms with Crippen LogP contribution < -0.4 is 5.32 Å². The minimum Gasteiger partial charge on any atom is -0.378 e. The van der Waals surface area contributed by atoms with Crippen LogP contribution in [-0.4, -0.2) is 25.8 Å². The number of nitrogens with zero attached hydrogens (tertiary/aromatic N) is 1. The average molecular weight is 423 g/mol. The predicted molar refractivity (Wildman–Crippen MR) is 121 cm³/mol. The highest BCUT2D eigenvalue weighted by Gasteiger charge is 2.39. The fourth-order valence-corrected chi connectivity index (χ4v) is 6.81. The van der Waals surface area contributed by atoms with Crippen molar-refractivity contribution >= 4 is 15.7 Å². The smallest absolute Gasteiger partial charge is 0.243 e. The van der Waals surface area contributed by atoms with Gasteiger partial charge in [-0.15, -0.1) is 0 Å². The first-order valence-corrected chi connectivity index (χ1v) is 12.5. The molecule has 1 N–H and O–H groups in total. The van der Waals surface area contributed by atoms with E-state index in [9.17, 15) is 8.42 Å². The van der Waals surface area contributed by atoms with E-state index in [-0.39, 0.29) is 12.0 Å². The number of hydrogen-bond acceptors (Lipinski definition) is 3. The minimum atomic E-state index is -3.44. The molecule has 2 heterocycles. The molecular formula is C25H30N2O2S. The molecule has 0 aromatic heterocycles. The molecular weight excluding hydrogens is 392 g/mol. The monoisotopic (exact) mass is 422 g/mol. The standard InChI is InChI=1S/C25H30N2O2S/c1-17-11-13-27(14-12-17)30(28,29)20-9-10-24-23(16-20)21-7-4-8-22(21)25(26-24)19-6-3-5-18(2)15-19/h3-7,9-10,15-17,21-22,25-26H,8,11-14H2,1-2H3. The average Bonchev–Trinajstić information content (AvgIpc) is 3.23. The Labute approximate surface area is 180 Å². The van der Waals surface area contributed by atoms with Gasteiger partial charge in [-0.05, 0) is 67.3 Å². The number of sulfonamides is 1. The van der Waals surface area contributed by atoms with Crippen LogP contribution in [0.15, 0.2) is 59.5 Å². The van der Waals surface area contributed by atoms with Gasteiger partial charge in [0, 0.05) is 24.7 Å². The van der Waals surface area contributed by atoms with Gasteiger partial charge in [-0.25, -0.2) is 8.42 Å². The summed E-state index contributed by atoms with van der Waals surface area (Å²) < 4.78 is 28.2. The van der Waals surface area contributed by atoms with Crippen LogP contribution in [0.2, 0.25) is 0 Å². The van der Waals surface area contributed by atoms with Crippen LogP contribution in [0.5, 0.6) is 0 Å². The van der Waals surface area contributed by atoms with E-state index in [0.717, 1.165) is 30.5 Å². The number of anilines is 1. The van der Waals surface area contributed by atoms with Gasteiger partial charge in [-0.1, -0.05) is 48.9 Å². The maximum Gasteiger partial charge on any atom is 0.243 e. The van der Waals surface area contributed by atoms with E-state index in [1.54, 1.807) is 10.4 Å². The molecule has 3 aliphatic rings. The van der Waals surface area contributed by atoms with Crippen molar-refractivity contribution in [2.24, 2.45) is 11.8 Å². The van der Waals surface area contributed by atoms with Crippen molar-refractivity contribution in [2.45, 2.75) is 50.0 Å². The topological polar surface area (TPSA) is 49.4 Å². The summed E-state index contributed by atoms with van der Waals surface area (Å²) in [6.07, 6.45) is 7.42. The molecule has 0 spiro atoms. The Morgan fingerprint density at radius 1 is 1.07 bits per heavy atom. The predicted octanol–water partition coefficient (Wildman–Crippen LogP) is 5.24. The van der Waals surface area contributed by atoms with Crippen LogP contribution >= 0.6 is 0 Å². The van der Waals surface area contributed by atoms with Crippen LogP contribution in [0.3, 0.4) is 0 Å². The first-order valence-electron chi connectivity index (χ1n) is 11.1. The van der Waals surface area contributed by atoms with E-state index in [4.69, 9.17) is 0 Å². The SMILES string of the molecule is Cc1cccc(C2Nc3ccc(S(=O)(=O)N4CCC(C)CC4)cc3C3C=CCC32)c1. The van der Waals surface area contributed by atoms with E-state index >= 15 is 0 Å². The second-order valence-electron chi connectivity index (χ2n) is 9.23. The largest absolute Gasteiger partial charge is 0.378 e. The molecule has 158 valence electrons. The molecule has 0 saturated carbocycles.